The number of piperidine rings is 1. The Kier molecular flexibility index (Phi) is 4.58. The Hall–Kier alpha value is -2.58. The van der Waals surface area contributed by atoms with Crippen molar-refractivity contribution >= 4 is 11.9 Å². The molecule has 2 bridgehead atoms. The molecule has 1 amide bonds. The van der Waals surface area contributed by atoms with Gasteiger partial charge < -0.3 is 25.0 Å². The van der Waals surface area contributed by atoms with Crippen molar-refractivity contribution < 1.29 is 29.3 Å². The normalized spacial score (nSPS) is 35.0. The first-order valence-electron chi connectivity index (χ1n) is 11.9. The molecular weight excluding hydrogens is 424 g/mol. The number of hydrogen-bond acceptors (Lipinski definition) is 7. The summed E-state index contributed by atoms with van der Waals surface area (Å²) >= 11 is 0. The summed E-state index contributed by atoms with van der Waals surface area (Å²) in [5.41, 5.74) is 1.16. The van der Waals surface area contributed by atoms with Crippen LogP contribution in [-0.4, -0.2) is 71.5 Å². The number of phenolic OH excluding ortho intramolecular Hbond substituents is 1. The number of methoxy groups -OCH3 is 1. The average molecular weight is 455 g/mol. The fourth-order valence-electron chi connectivity index (χ4n) is 6.94. The quantitative estimate of drug-likeness (QED) is 0.453. The average Bonchev–Trinajstić information content (AvgIpc) is 3.54. The molecule has 2 heterocycles. The number of benzene rings is 1. The second-order valence-electron chi connectivity index (χ2n) is 10.3. The molecule has 1 aromatic rings. The third-order valence-electron chi connectivity index (χ3n) is 8.60. The lowest BCUT2D eigenvalue weighted by Crippen LogP contribution is -2.75. The van der Waals surface area contributed by atoms with Gasteiger partial charge in [-0.2, -0.15) is 0 Å². The minimum absolute atomic E-state index is 0.00403. The molecule has 0 aromatic heterocycles. The van der Waals surface area contributed by atoms with E-state index in [4.69, 9.17) is 4.74 Å². The van der Waals surface area contributed by atoms with Crippen LogP contribution in [0.1, 0.15) is 43.2 Å². The van der Waals surface area contributed by atoms with E-state index >= 15 is 0 Å². The lowest BCUT2D eigenvalue weighted by molar-refractivity contribution is -0.174. The number of amides is 1. The van der Waals surface area contributed by atoms with Gasteiger partial charge >= 0.3 is 5.97 Å². The molecule has 6 rings (SSSR count). The molecule has 2 saturated carbocycles. The van der Waals surface area contributed by atoms with Gasteiger partial charge in [-0.05, 0) is 68.2 Å². The Morgan fingerprint density at radius 1 is 1.33 bits per heavy atom. The molecule has 3 aliphatic carbocycles. The molecule has 3 fully saturated rings. The summed E-state index contributed by atoms with van der Waals surface area (Å²) in [4.78, 5) is 26.5. The highest BCUT2D eigenvalue weighted by atomic mass is 16.5. The van der Waals surface area contributed by atoms with Gasteiger partial charge in [0, 0.05) is 24.2 Å². The zero-order valence-electron chi connectivity index (χ0n) is 18.8. The van der Waals surface area contributed by atoms with Crippen molar-refractivity contribution in [3.63, 3.8) is 0 Å². The van der Waals surface area contributed by atoms with Crippen LogP contribution in [0.15, 0.2) is 23.8 Å². The fraction of sp³-hybridized carbons (Fsp3) is 0.600. The zero-order valence-corrected chi connectivity index (χ0v) is 18.8. The third-order valence-corrected chi connectivity index (χ3v) is 8.60. The number of likely N-dealkylation sites (tertiary alicyclic amines) is 1. The van der Waals surface area contributed by atoms with Gasteiger partial charge in [0.25, 0.3) is 0 Å². The van der Waals surface area contributed by atoms with E-state index in [9.17, 15) is 19.8 Å². The van der Waals surface area contributed by atoms with Crippen molar-refractivity contribution in [1.29, 1.82) is 0 Å². The van der Waals surface area contributed by atoms with Crippen LogP contribution in [0, 0.1) is 5.92 Å². The number of hydrogen-bond donors (Lipinski definition) is 3. The number of nitrogens with one attached hydrogen (secondary N) is 1. The summed E-state index contributed by atoms with van der Waals surface area (Å²) in [7, 11) is 1.27. The number of carbonyl (C=O) groups is 2. The van der Waals surface area contributed by atoms with E-state index in [1.54, 1.807) is 6.07 Å². The van der Waals surface area contributed by atoms with Crippen molar-refractivity contribution in [2.75, 3.05) is 26.7 Å². The smallest absolute Gasteiger partial charge is 0.325 e. The van der Waals surface area contributed by atoms with E-state index < -0.39 is 23.1 Å². The SMILES string of the molecule is COC(=O)CNC(=O)C=C1CC[C@@]2(O)[C@H]3Cc4ccc(O)c5c4[C@@]2(CCN3CC2CC2)[C@H]1O5. The number of rotatable bonds is 5. The second kappa shape index (κ2) is 7.21. The van der Waals surface area contributed by atoms with Crippen LogP contribution in [0.3, 0.4) is 0 Å². The summed E-state index contributed by atoms with van der Waals surface area (Å²) in [6.45, 7) is 1.68. The van der Waals surface area contributed by atoms with Crippen molar-refractivity contribution in [1.82, 2.24) is 10.2 Å². The monoisotopic (exact) mass is 454 g/mol. The lowest BCUT2D eigenvalue weighted by atomic mass is 9.48. The maximum atomic E-state index is 12.6. The molecule has 2 aliphatic heterocycles. The number of aromatic hydroxyl groups is 1. The van der Waals surface area contributed by atoms with Crippen LogP contribution in [0.4, 0.5) is 0 Å². The van der Waals surface area contributed by atoms with Gasteiger partial charge in [-0.25, -0.2) is 0 Å². The van der Waals surface area contributed by atoms with Gasteiger partial charge in [0.1, 0.15) is 12.6 Å². The van der Waals surface area contributed by atoms with Crippen molar-refractivity contribution in [2.24, 2.45) is 5.92 Å². The summed E-state index contributed by atoms with van der Waals surface area (Å²) in [6.07, 6.45) is 6.01. The highest BCUT2D eigenvalue weighted by molar-refractivity contribution is 5.91. The highest BCUT2D eigenvalue weighted by Gasteiger charge is 2.72. The third kappa shape index (κ3) is 2.89. The second-order valence-corrected chi connectivity index (χ2v) is 10.3. The predicted octanol–water partition coefficient (Wildman–Crippen LogP) is 1.17. The number of nitrogens with zero attached hydrogens (tertiary/aromatic N) is 1. The first-order chi connectivity index (χ1) is 15.9. The van der Waals surface area contributed by atoms with E-state index in [1.807, 2.05) is 6.07 Å². The Morgan fingerprint density at radius 2 is 2.15 bits per heavy atom. The van der Waals surface area contributed by atoms with Gasteiger partial charge in [-0.15, -0.1) is 0 Å². The molecule has 5 aliphatic rings. The molecule has 1 saturated heterocycles. The molecule has 0 unspecified atom stereocenters. The number of esters is 1. The van der Waals surface area contributed by atoms with Crippen molar-refractivity contribution in [3.8, 4) is 11.5 Å². The van der Waals surface area contributed by atoms with E-state index in [0.29, 0.717) is 25.0 Å². The molecule has 4 atom stereocenters. The molecule has 3 N–H and O–H groups in total. The summed E-state index contributed by atoms with van der Waals surface area (Å²) in [5.74, 6) is 0.351. The predicted molar refractivity (Wildman–Crippen MR) is 118 cm³/mol. The van der Waals surface area contributed by atoms with Crippen LogP contribution >= 0.6 is 0 Å². The van der Waals surface area contributed by atoms with E-state index in [1.165, 1.54) is 26.0 Å². The maximum absolute atomic E-state index is 12.6. The Morgan fingerprint density at radius 3 is 2.91 bits per heavy atom. The molecule has 176 valence electrons. The first-order valence-corrected chi connectivity index (χ1v) is 11.9. The summed E-state index contributed by atoms with van der Waals surface area (Å²) < 4.78 is 11.0. The van der Waals surface area contributed by atoms with Crippen LogP contribution in [0.25, 0.3) is 0 Å². The molecule has 0 radical (unpaired) electrons. The molecule has 8 nitrogen and oxygen atoms in total. The topological polar surface area (TPSA) is 108 Å². The van der Waals surface area contributed by atoms with Crippen LogP contribution in [0.5, 0.6) is 11.5 Å². The minimum atomic E-state index is -0.989. The van der Waals surface area contributed by atoms with Crippen LogP contribution in [0.2, 0.25) is 0 Å². The van der Waals surface area contributed by atoms with E-state index in [2.05, 4.69) is 15.0 Å². The number of phenols is 1. The number of aliphatic hydroxyl groups is 1. The molecule has 33 heavy (non-hydrogen) atoms. The highest BCUT2D eigenvalue weighted by Crippen LogP contribution is 2.66. The van der Waals surface area contributed by atoms with Crippen LogP contribution in [-0.2, 0) is 26.2 Å². The van der Waals surface area contributed by atoms with Crippen molar-refractivity contribution in [2.45, 2.75) is 61.7 Å². The summed E-state index contributed by atoms with van der Waals surface area (Å²) in [6, 6.07) is 3.64. The molecule has 1 spiro atoms. The van der Waals surface area contributed by atoms with E-state index in [0.717, 1.165) is 42.1 Å². The number of carbonyl (C=O) groups excluding carboxylic acids is 2. The van der Waals surface area contributed by atoms with Gasteiger partial charge in [0.2, 0.25) is 5.91 Å². The van der Waals surface area contributed by atoms with Gasteiger partial charge in [0.05, 0.1) is 18.1 Å². The standard InChI is InChI=1S/C25H30N2O6/c1-32-20(30)12-26-19(29)11-16-6-7-25(31)18-10-15-4-5-17(28)22-21(15)24(25,23(16)33-22)8-9-27(18)13-14-2-3-14/h4-5,11,14,18,23,28,31H,2-3,6-10,12-13H2,1H3,(H,26,29)/t18-,23+,24+,25-/m1/s1. The number of ether oxygens (including phenoxy) is 2. The van der Waals surface area contributed by atoms with Crippen molar-refractivity contribution in [3.05, 3.63) is 34.9 Å². The van der Waals surface area contributed by atoms with Gasteiger partial charge in [0.15, 0.2) is 11.5 Å². The van der Waals surface area contributed by atoms with E-state index in [-0.39, 0.29) is 24.2 Å². The maximum Gasteiger partial charge on any atom is 0.325 e. The lowest BCUT2D eigenvalue weighted by Gasteiger charge is -2.63. The Labute approximate surface area is 192 Å². The Bertz CT molecular complexity index is 1070. The minimum Gasteiger partial charge on any atom is -0.504 e. The fourth-order valence-corrected chi connectivity index (χ4v) is 6.94. The largest absolute Gasteiger partial charge is 0.504 e. The first kappa shape index (κ1) is 21.0. The molecule has 1 aromatic carbocycles. The molecular formula is C25H30N2O6. The zero-order chi connectivity index (χ0) is 23.0. The summed E-state index contributed by atoms with van der Waals surface area (Å²) in [5, 5.41) is 25.6. The van der Waals surface area contributed by atoms with Gasteiger partial charge in [-0.3, -0.25) is 14.5 Å². The molecule has 8 heteroatoms. The van der Waals surface area contributed by atoms with Crippen LogP contribution < -0.4 is 10.1 Å². The van der Waals surface area contributed by atoms with Gasteiger partial charge in [-0.1, -0.05) is 6.07 Å². The Balaban J connectivity index is 1.41.